The molecule has 9 nitrogen and oxygen atoms in total. The van der Waals surface area contributed by atoms with Crippen LogP contribution in [0.5, 0.6) is 11.5 Å². The first-order valence-electron chi connectivity index (χ1n) is 9.41. The first kappa shape index (κ1) is 21.4. The van der Waals surface area contributed by atoms with E-state index in [0.717, 1.165) is 5.56 Å². The van der Waals surface area contributed by atoms with Gasteiger partial charge in [-0.15, -0.1) is 0 Å². The van der Waals surface area contributed by atoms with Crippen molar-refractivity contribution < 1.29 is 29.0 Å². The van der Waals surface area contributed by atoms with E-state index in [1.54, 1.807) is 13.8 Å². The lowest BCUT2D eigenvalue weighted by Gasteiger charge is -2.42. The number of aryl methyl sites for hydroxylation is 1. The highest BCUT2D eigenvalue weighted by Crippen LogP contribution is 2.49. The van der Waals surface area contributed by atoms with Crippen molar-refractivity contribution in [1.82, 2.24) is 0 Å². The normalized spacial score (nSPS) is 19.3. The second-order valence-corrected chi connectivity index (χ2v) is 7.57. The van der Waals surface area contributed by atoms with Crippen LogP contribution in [0.15, 0.2) is 36.4 Å². The van der Waals surface area contributed by atoms with Gasteiger partial charge < -0.3 is 25.1 Å². The minimum atomic E-state index is -1.24. The molecule has 0 saturated heterocycles. The van der Waals surface area contributed by atoms with Crippen molar-refractivity contribution >= 4 is 11.8 Å². The zero-order chi connectivity index (χ0) is 22.1. The van der Waals surface area contributed by atoms with E-state index in [4.69, 9.17) is 19.9 Å². The van der Waals surface area contributed by atoms with E-state index in [9.17, 15) is 20.0 Å². The highest BCUT2D eigenvalue weighted by Gasteiger charge is 2.47. The van der Waals surface area contributed by atoms with Crippen LogP contribution in [0.4, 0.5) is 10.5 Å². The molecular weight excluding hydrogens is 392 g/mol. The lowest BCUT2D eigenvalue weighted by atomic mass is 9.85. The molecule has 9 heteroatoms. The summed E-state index contributed by atoms with van der Waals surface area (Å²) in [5.74, 6) is 0.176. The van der Waals surface area contributed by atoms with E-state index < -0.39 is 28.8 Å². The van der Waals surface area contributed by atoms with Gasteiger partial charge in [0.2, 0.25) is 0 Å². The number of ether oxygens (including phenoxy) is 3. The molecule has 0 radical (unpaired) electrons. The van der Waals surface area contributed by atoms with Gasteiger partial charge in [-0.05, 0) is 38.3 Å². The standard InChI is InChI=1S/C21H24N2O7/c1-21(2)19(24)18(29-20(22)25)14-11-15(28-3)16(23(26)27)13(17(14)30-21)10-9-12-7-5-4-6-8-12/h4-8,11,18-19,24H,9-10H2,1-3H3,(H2,22,25)/t18-,19+/m0/s1. The van der Waals surface area contributed by atoms with Crippen LogP contribution in [0.1, 0.15) is 36.6 Å². The molecule has 0 unspecified atom stereocenters. The molecule has 0 aromatic heterocycles. The monoisotopic (exact) mass is 416 g/mol. The Kier molecular flexibility index (Phi) is 5.84. The van der Waals surface area contributed by atoms with Crippen molar-refractivity contribution in [1.29, 1.82) is 0 Å². The quantitative estimate of drug-likeness (QED) is 0.546. The molecule has 0 spiro atoms. The minimum absolute atomic E-state index is 0.0182. The summed E-state index contributed by atoms with van der Waals surface area (Å²) >= 11 is 0. The Morgan fingerprint density at radius 1 is 1.30 bits per heavy atom. The predicted octanol–water partition coefficient (Wildman–Crippen LogP) is 3.06. The zero-order valence-corrected chi connectivity index (χ0v) is 17.0. The Hall–Kier alpha value is -3.33. The maximum Gasteiger partial charge on any atom is 0.405 e. The molecule has 1 amide bonds. The van der Waals surface area contributed by atoms with Crippen LogP contribution in [0.25, 0.3) is 0 Å². The number of aliphatic hydroxyl groups is 1. The second-order valence-electron chi connectivity index (χ2n) is 7.57. The lowest BCUT2D eigenvalue weighted by molar-refractivity contribution is -0.386. The number of nitro benzene ring substituents is 1. The number of methoxy groups -OCH3 is 1. The van der Waals surface area contributed by atoms with Crippen LogP contribution in [-0.4, -0.2) is 34.9 Å². The van der Waals surface area contributed by atoms with Crippen molar-refractivity contribution in [3.05, 3.63) is 63.2 Å². The van der Waals surface area contributed by atoms with E-state index in [-0.39, 0.29) is 29.2 Å². The summed E-state index contributed by atoms with van der Waals surface area (Å²) in [6.45, 7) is 3.21. The third-order valence-electron chi connectivity index (χ3n) is 5.16. The SMILES string of the molecule is COc1cc2c(c(CCc3ccccc3)c1[N+](=O)[O-])OC(C)(C)[C@H](O)[C@H]2OC(N)=O. The van der Waals surface area contributed by atoms with Gasteiger partial charge in [0.1, 0.15) is 17.5 Å². The fourth-order valence-electron chi connectivity index (χ4n) is 3.65. The van der Waals surface area contributed by atoms with Crippen LogP contribution in [0.3, 0.4) is 0 Å². The Morgan fingerprint density at radius 3 is 2.53 bits per heavy atom. The van der Waals surface area contributed by atoms with E-state index >= 15 is 0 Å². The van der Waals surface area contributed by atoms with E-state index in [1.165, 1.54) is 13.2 Å². The van der Waals surface area contributed by atoms with E-state index in [1.807, 2.05) is 30.3 Å². The molecule has 1 aliphatic rings. The van der Waals surface area contributed by atoms with Crippen molar-refractivity contribution in [2.75, 3.05) is 7.11 Å². The maximum absolute atomic E-state index is 11.9. The number of amides is 1. The fraction of sp³-hybridized carbons (Fsp3) is 0.381. The summed E-state index contributed by atoms with van der Waals surface area (Å²) in [5.41, 5.74) is 5.35. The van der Waals surface area contributed by atoms with Gasteiger partial charge >= 0.3 is 11.8 Å². The van der Waals surface area contributed by atoms with Crippen LogP contribution in [0, 0.1) is 10.1 Å². The highest BCUT2D eigenvalue weighted by atomic mass is 16.6. The molecule has 3 rings (SSSR count). The predicted molar refractivity (Wildman–Crippen MR) is 108 cm³/mol. The van der Waals surface area contributed by atoms with Crippen molar-refractivity contribution in [2.24, 2.45) is 5.73 Å². The summed E-state index contributed by atoms with van der Waals surface area (Å²) in [5, 5.41) is 22.6. The van der Waals surface area contributed by atoms with E-state index in [0.29, 0.717) is 12.0 Å². The van der Waals surface area contributed by atoms with Gasteiger partial charge in [0, 0.05) is 5.56 Å². The summed E-state index contributed by atoms with van der Waals surface area (Å²) in [4.78, 5) is 22.8. The van der Waals surface area contributed by atoms with Crippen LogP contribution < -0.4 is 15.2 Å². The second kappa shape index (κ2) is 8.19. The first-order valence-corrected chi connectivity index (χ1v) is 9.41. The molecule has 0 saturated carbocycles. The molecule has 2 atom stereocenters. The topological polar surface area (TPSA) is 134 Å². The number of hydrogen-bond acceptors (Lipinski definition) is 7. The molecule has 2 aromatic rings. The van der Waals surface area contributed by atoms with Gasteiger partial charge in [0.05, 0.1) is 17.6 Å². The average molecular weight is 416 g/mol. The molecule has 2 aromatic carbocycles. The largest absolute Gasteiger partial charge is 0.490 e. The number of carbonyl (C=O) groups excluding carboxylic acids is 1. The van der Waals surface area contributed by atoms with Crippen LogP contribution in [-0.2, 0) is 17.6 Å². The summed E-state index contributed by atoms with van der Waals surface area (Å²) < 4.78 is 16.4. The van der Waals surface area contributed by atoms with E-state index in [2.05, 4.69) is 0 Å². The van der Waals surface area contributed by atoms with Gasteiger partial charge in [0.25, 0.3) is 0 Å². The zero-order valence-electron chi connectivity index (χ0n) is 17.0. The fourth-order valence-corrected chi connectivity index (χ4v) is 3.65. The van der Waals surface area contributed by atoms with Crippen molar-refractivity contribution in [2.45, 2.75) is 44.5 Å². The van der Waals surface area contributed by atoms with Gasteiger partial charge in [-0.1, -0.05) is 30.3 Å². The summed E-state index contributed by atoms with van der Waals surface area (Å²) in [7, 11) is 1.31. The molecular formula is C21H24N2O7. The Bertz CT molecular complexity index is 960. The number of primary amides is 1. The molecule has 30 heavy (non-hydrogen) atoms. The van der Waals surface area contributed by atoms with Gasteiger partial charge in [-0.25, -0.2) is 4.79 Å². The maximum atomic E-state index is 11.9. The first-order chi connectivity index (χ1) is 14.2. The number of hydrogen-bond donors (Lipinski definition) is 2. The number of fused-ring (bicyclic) bond motifs is 1. The average Bonchev–Trinajstić information content (AvgIpc) is 2.69. The minimum Gasteiger partial charge on any atom is -0.490 e. The third-order valence-corrected chi connectivity index (χ3v) is 5.16. The summed E-state index contributed by atoms with van der Waals surface area (Å²) in [6, 6.07) is 10.9. The summed E-state index contributed by atoms with van der Waals surface area (Å²) in [6.07, 6.45) is -2.70. The van der Waals surface area contributed by atoms with Gasteiger partial charge in [-0.3, -0.25) is 10.1 Å². The Balaban J connectivity index is 2.19. The molecule has 1 heterocycles. The molecule has 0 bridgehead atoms. The lowest BCUT2D eigenvalue weighted by Crippen LogP contribution is -2.50. The number of nitro groups is 1. The molecule has 0 fully saturated rings. The number of nitrogens with two attached hydrogens (primary N) is 1. The van der Waals surface area contributed by atoms with Crippen molar-refractivity contribution in [3.63, 3.8) is 0 Å². The Labute approximate surface area is 173 Å². The van der Waals surface area contributed by atoms with Crippen molar-refractivity contribution in [3.8, 4) is 11.5 Å². The molecule has 0 aliphatic carbocycles. The Morgan fingerprint density at radius 2 is 1.97 bits per heavy atom. The molecule has 3 N–H and O–H groups in total. The number of rotatable bonds is 6. The third kappa shape index (κ3) is 4.02. The molecule has 160 valence electrons. The number of nitrogens with zero attached hydrogens (tertiary/aromatic N) is 1. The van der Waals surface area contributed by atoms with Crippen LogP contribution in [0.2, 0.25) is 0 Å². The van der Waals surface area contributed by atoms with Gasteiger partial charge in [0.15, 0.2) is 11.9 Å². The van der Waals surface area contributed by atoms with Gasteiger partial charge in [-0.2, -0.15) is 0 Å². The molecule has 1 aliphatic heterocycles. The highest BCUT2D eigenvalue weighted by molar-refractivity contribution is 5.67. The number of carbonyl (C=O) groups is 1. The number of benzene rings is 2. The smallest absolute Gasteiger partial charge is 0.405 e. The number of aliphatic hydroxyl groups excluding tert-OH is 1. The van der Waals surface area contributed by atoms with Crippen LogP contribution >= 0.6 is 0 Å².